The number of aliphatic hydroxyl groups is 1. The summed E-state index contributed by atoms with van der Waals surface area (Å²) in [6.07, 6.45) is -0.722. The SMILES string of the molecule is O=C(C[C@H](O)c1ccc2ccccc2c1)c1ccc2ccccc2c1. The van der Waals surface area contributed by atoms with Crippen LogP contribution in [0.2, 0.25) is 0 Å². The van der Waals surface area contributed by atoms with Gasteiger partial charge in [-0.15, -0.1) is 0 Å². The molecule has 1 N–H and O–H groups in total. The standard InChI is InChI=1S/C23H18O2/c24-22(20-11-9-16-5-1-3-7-18(16)13-20)15-23(25)21-12-10-17-6-2-4-8-19(17)14-21/h1-14,22,24H,15H2/t22-/m0/s1. The predicted molar refractivity (Wildman–Crippen MR) is 102 cm³/mol. The van der Waals surface area contributed by atoms with E-state index >= 15 is 0 Å². The molecule has 0 bridgehead atoms. The van der Waals surface area contributed by atoms with E-state index in [2.05, 4.69) is 0 Å². The molecule has 0 saturated heterocycles. The van der Waals surface area contributed by atoms with E-state index in [1.165, 1.54) is 0 Å². The number of hydrogen-bond acceptors (Lipinski definition) is 2. The number of benzene rings is 4. The Labute approximate surface area is 146 Å². The van der Waals surface area contributed by atoms with Crippen LogP contribution < -0.4 is 0 Å². The molecule has 4 aromatic rings. The highest BCUT2D eigenvalue weighted by Gasteiger charge is 2.15. The Morgan fingerprint density at radius 2 is 1.28 bits per heavy atom. The molecule has 0 amide bonds. The fraction of sp³-hybridized carbons (Fsp3) is 0.0870. The zero-order valence-electron chi connectivity index (χ0n) is 13.7. The first-order valence-electron chi connectivity index (χ1n) is 8.39. The minimum Gasteiger partial charge on any atom is -0.388 e. The number of fused-ring (bicyclic) bond motifs is 2. The van der Waals surface area contributed by atoms with E-state index in [4.69, 9.17) is 0 Å². The maximum Gasteiger partial charge on any atom is 0.165 e. The lowest BCUT2D eigenvalue weighted by molar-refractivity contribution is 0.0880. The Morgan fingerprint density at radius 1 is 0.720 bits per heavy atom. The number of aliphatic hydroxyl groups excluding tert-OH is 1. The summed E-state index contributed by atoms with van der Waals surface area (Å²) in [6, 6.07) is 27.5. The van der Waals surface area contributed by atoms with Crippen LogP contribution in [0.3, 0.4) is 0 Å². The molecule has 25 heavy (non-hydrogen) atoms. The molecule has 2 heteroatoms. The average Bonchev–Trinajstić information content (AvgIpc) is 2.67. The zero-order chi connectivity index (χ0) is 17.2. The second-order valence-electron chi connectivity index (χ2n) is 6.31. The van der Waals surface area contributed by atoms with Crippen LogP contribution in [0.4, 0.5) is 0 Å². The lowest BCUT2D eigenvalue weighted by atomic mass is 9.97. The molecule has 0 radical (unpaired) electrons. The summed E-state index contributed by atoms with van der Waals surface area (Å²) < 4.78 is 0. The quantitative estimate of drug-likeness (QED) is 0.517. The van der Waals surface area contributed by atoms with E-state index in [9.17, 15) is 9.90 Å². The minimum absolute atomic E-state index is 0.0496. The van der Waals surface area contributed by atoms with Crippen molar-refractivity contribution in [2.75, 3.05) is 0 Å². The van der Waals surface area contributed by atoms with Crippen LogP contribution in [0.25, 0.3) is 21.5 Å². The molecular weight excluding hydrogens is 308 g/mol. The van der Waals surface area contributed by atoms with Gasteiger partial charge in [-0.1, -0.05) is 72.8 Å². The van der Waals surface area contributed by atoms with Crippen LogP contribution in [0.15, 0.2) is 84.9 Å². The topological polar surface area (TPSA) is 37.3 Å². The van der Waals surface area contributed by atoms with Gasteiger partial charge in [0, 0.05) is 12.0 Å². The summed E-state index contributed by atoms with van der Waals surface area (Å²) >= 11 is 0. The highest BCUT2D eigenvalue weighted by atomic mass is 16.3. The van der Waals surface area contributed by atoms with E-state index in [-0.39, 0.29) is 12.2 Å². The Bertz CT molecular complexity index is 1070. The predicted octanol–water partition coefficient (Wildman–Crippen LogP) is 5.30. The molecule has 0 aliphatic rings. The van der Waals surface area contributed by atoms with Gasteiger partial charge < -0.3 is 5.11 Å². The van der Waals surface area contributed by atoms with Crippen molar-refractivity contribution in [2.45, 2.75) is 12.5 Å². The summed E-state index contributed by atoms with van der Waals surface area (Å²) in [5.41, 5.74) is 1.41. The highest BCUT2D eigenvalue weighted by Crippen LogP contribution is 2.24. The number of Topliss-reactive ketones (excluding diaryl/α,β-unsaturated/α-hetero) is 1. The largest absolute Gasteiger partial charge is 0.388 e. The second-order valence-corrected chi connectivity index (χ2v) is 6.31. The zero-order valence-corrected chi connectivity index (χ0v) is 13.7. The molecule has 0 heterocycles. The molecule has 2 nitrogen and oxygen atoms in total. The van der Waals surface area contributed by atoms with Gasteiger partial charge in [-0.2, -0.15) is 0 Å². The van der Waals surface area contributed by atoms with Gasteiger partial charge >= 0.3 is 0 Å². The van der Waals surface area contributed by atoms with Crippen molar-refractivity contribution in [3.8, 4) is 0 Å². The van der Waals surface area contributed by atoms with Crippen molar-refractivity contribution in [2.24, 2.45) is 0 Å². The van der Waals surface area contributed by atoms with Crippen molar-refractivity contribution >= 4 is 27.3 Å². The minimum atomic E-state index is -0.802. The molecule has 4 aromatic carbocycles. The van der Waals surface area contributed by atoms with Gasteiger partial charge in [-0.3, -0.25) is 4.79 Å². The molecular formula is C23H18O2. The summed E-state index contributed by atoms with van der Waals surface area (Å²) in [5, 5.41) is 14.8. The maximum absolute atomic E-state index is 12.6. The van der Waals surface area contributed by atoms with Crippen molar-refractivity contribution in [1.82, 2.24) is 0 Å². The third kappa shape index (κ3) is 3.17. The molecule has 0 spiro atoms. The summed E-state index contributed by atoms with van der Waals surface area (Å²) in [6.45, 7) is 0. The van der Waals surface area contributed by atoms with E-state index in [0.29, 0.717) is 5.56 Å². The number of hydrogen-bond donors (Lipinski definition) is 1. The Hall–Kier alpha value is -2.97. The first-order chi connectivity index (χ1) is 12.2. The molecule has 0 aromatic heterocycles. The number of rotatable bonds is 4. The molecule has 4 rings (SSSR count). The van der Waals surface area contributed by atoms with E-state index in [0.717, 1.165) is 27.1 Å². The molecule has 0 aliphatic heterocycles. The van der Waals surface area contributed by atoms with Gasteiger partial charge in [-0.25, -0.2) is 0 Å². The van der Waals surface area contributed by atoms with E-state index in [1.54, 1.807) is 0 Å². The summed E-state index contributed by atoms with van der Waals surface area (Å²) in [7, 11) is 0. The smallest absolute Gasteiger partial charge is 0.165 e. The number of carbonyl (C=O) groups is 1. The number of ketones is 1. The fourth-order valence-corrected chi connectivity index (χ4v) is 3.19. The molecule has 0 saturated carbocycles. The van der Waals surface area contributed by atoms with Gasteiger partial charge in [0.25, 0.3) is 0 Å². The summed E-state index contributed by atoms with van der Waals surface area (Å²) in [5.74, 6) is -0.0496. The van der Waals surface area contributed by atoms with Gasteiger partial charge in [0.1, 0.15) is 0 Å². The first kappa shape index (κ1) is 15.6. The fourth-order valence-electron chi connectivity index (χ4n) is 3.19. The first-order valence-corrected chi connectivity index (χ1v) is 8.39. The van der Waals surface area contributed by atoms with Gasteiger partial charge in [0.05, 0.1) is 6.10 Å². The highest BCUT2D eigenvalue weighted by molar-refractivity contribution is 6.00. The molecule has 0 unspecified atom stereocenters. The van der Waals surface area contributed by atoms with Crippen molar-refractivity contribution < 1.29 is 9.90 Å². The van der Waals surface area contributed by atoms with E-state index < -0.39 is 6.10 Å². The van der Waals surface area contributed by atoms with Crippen molar-refractivity contribution in [3.63, 3.8) is 0 Å². The lowest BCUT2D eigenvalue weighted by Gasteiger charge is -2.12. The van der Waals surface area contributed by atoms with Crippen LogP contribution in [0, 0.1) is 0 Å². The average molecular weight is 326 g/mol. The van der Waals surface area contributed by atoms with Crippen LogP contribution >= 0.6 is 0 Å². The van der Waals surface area contributed by atoms with Crippen LogP contribution in [-0.4, -0.2) is 10.9 Å². The maximum atomic E-state index is 12.6. The van der Waals surface area contributed by atoms with Crippen molar-refractivity contribution in [3.05, 3.63) is 96.1 Å². The monoisotopic (exact) mass is 326 g/mol. The third-order valence-electron chi connectivity index (χ3n) is 4.61. The van der Waals surface area contributed by atoms with Crippen LogP contribution in [0.5, 0.6) is 0 Å². The van der Waals surface area contributed by atoms with Gasteiger partial charge in [0.15, 0.2) is 5.78 Å². The van der Waals surface area contributed by atoms with E-state index in [1.807, 2.05) is 84.9 Å². The van der Waals surface area contributed by atoms with Gasteiger partial charge in [0.2, 0.25) is 0 Å². The van der Waals surface area contributed by atoms with Gasteiger partial charge in [-0.05, 0) is 39.2 Å². The Balaban J connectivity index is 1.57. The summed E-state index contributed by atoms with van der Waals surface area (Å²) in [4.78, 5) is 12.6. The molecule has 1 atom stereocenters. The lowest BCUT2D eigenvalue weighted by Crippen LogP contribution is -2.07. The Morgan fingerprint density at radius 3 is 1.96 bits per heavy atom. The molecule has 0 aliphatic carbocycles. The number of carbonyl (C=O) groups excluding carboxylic acids is 1. The Kier molecular flexibility index (Phi) is 4.04. The third-order valence-corrected chi connectivity index (χ3v) is 4.61. The second kappa shape index (κ2) is 6.50. The normalized spacial score (nSPS) is 12.4. The van der Waals surface area contributed by atoms with Crippen LogP contribution in [0.1, 0.15) is 28.4 Å². The molecule has 0 fully saturated rings. The molecule has 122 valence electrons. The van der Waals surface area contributed by atoms with Crippen molar-refractivity contribution in [1.29, 1.82) is 0 Å². The van der Waals surface area contributed by atoms with Crippen LogP contribution in [-0.2, 0) is 0 Å².